The van der Waals surface area contributed by atoms with Crippen molar-refractivity contribution in [2.45, 2.75) is 39.2 Å². The maximum absolute atomic E-state index is 10.5. The van der Waals surface area contributed by atoms with Gasteiger partial charge in [0.05, 0.1) is 0 Å². The standard InChI is InChI=1S/C14H19NO2/c1-3-15-10(2)8-12-9-11(4-6-13(12)15)5-7-14(16)17/h4,6,9-10H,3,5,7-8H2,1-2H3,(H,16,17). The minimum atomic E-state index is -0.728. The van der Waals surface area contributed by atoms with Crippen LogP contribution >= 0.6 is 0 Å². The monoisotopic (exact) mass is 233 g/mol. The van der Waals surface area contributed by atoms with Crippen molar-refractivity contribution in [3.63, 3.8) is 0 Å². The van der Waals surface area contributed by atoms with Crippen molar-refractivity contribution >= 4 is 11.7 Å². The Morgan fingerprint density at radius 2 is 2.29 bits per heavy atom. The Hall–Kier alpha value is -1.51. The lowest BCUT2D eigenvalue weighted by Gasteiger charge is -2.22. The maximum atomic E-state index is 10.5. The van der Waals surface area contributed by atoms with Gasteiger partial charge in [0.1, 0.15) is 0 Å². The van der Waals surface area contributed by atoms with E-state index in [2.05, 4.69) is 36.9 Å². The number of hydrogen-bond donors (Lipinski definition) is 1. The molecule has 17 heavy (non-hydrogen) atoms. The van der Waals surface area contributed by atoms with Crippen LogP contribution in [-0.2, 0) is 17.6 Å². The first-order valence-corrected chi connectivity index (χ1v) is 6.22. The molecule has 3 heteroatoms. The van der Waals surface area contributed by atoms with Crippen molar-refractivity contribution in [1.29, 1.82) is 0 Å². The zero-order valence-electron chi connectivity index (χ0n) is 10.4. The number of carbonyl (C=O) groups is 1. The van der Waals surface area contributed by atoms with Crippen molar-refractivity contribution in [1.82, 2.24) is 0 Å². The number of anilines is 1. The van der Waals surface area contributed by atoms with E-state index < -0.39 is 5.97 Å². The normalized spacial score (nSPS) is 18.2. The Balaban J connectivity index is 2.16. The lowest BCUT2D eigenvalue weighted by atomic mass is 10.0. The molecule has 1 aliphatic rings. The molecule has 0 aliphatic carbocycles. The predicted molar refractivity (Wildman–Crippen MR) is 68.6 cm³/mol. The molecule has 0 bridgehead atoms. The molecule has 1 atom stereocenters. The first-order chi connectivity index (χ1) is 8.11. The topological polar surface area (TPSA) is 40.5 Å². The fraction of sp³-hybridized carbons (Fsp3) is 0.500. The number of fused-ring (bicyclic) bond motifs is 1. The number of carboxylic acids is 1. The molecule has 1 N–H and O–H groups in total. The van der Waals surface area contributed by atoms with Gasteiger partial charge >= 0.3 is 5.97 Å². The molecule has 3 nitrogen and oxygen atoms in total. The zero-order chi connectivity index (χ0) is 12.4. The van der Waals surface area contributed by atoms with Gasteiger partial charge < -0.3 is 10.0 Å². The maximum Gasteiger partial charge on any atom is 0.303 e. The lowest BCUT2D eigenvalue weighted by Crippen LogP contribution is -2.28. The van der Waals surface area contributed by atoms with Crippen LogP contribution in [0.3, 0.4) is 0 Å². The Morgan fingerprint density at radius 1 is 1.53 bits per heavy atom. The molecule has 2 rings (SSSR count). The number of aryl methyl sites for hydroxylation is 1. The van der Waals surface area contributed by atoms with E-state index in [4.69, 9.17) is 5.11 Å². The van der Waals surface area contributed by atoms with Gasteiger partial charge in [0.15, 0.2) is 0 Å². The number of hydrogen-bond acceptors (Lipinski definition) is 2. The van der Waals surface area contributed by atoms with Gasteiger partial charge in [-0.3, -0.25) is 4.79 Å². The van der Waals surface area contributed by atoms with Crippen LogP contribution in [0.1, 0.15) is 31.4 Å². The molecule has 1 aliphatic heterocycles. The number of likely N-dealkylation sites (N-methyl/N-ethyl adjacent to an activating group) is 1. The summed E-state index contributed by atoms with van der Waals surface area (Å²) in [6.45, 7) is 5.44. The molecule has 0 spiro atoms. The van der Waals surface area contributed by atoms with Gasteiger partial charge in [-0.1, -0.05) is 12.1 Å². The van der Waals surface area contributed by atoms with E-state index in [0.29, 0.717) is 12.5 Å². The average molecular weight is 233 g/mol. The van der Waals surface area contributed by atoms with Crippen molar-refractivity contribution in [2.24, 2.45) is 0 Å². The van der Waals surface area contributed by atoms with E-state index in [0.717, 1.165) is 18.5 Å². The average Bonchev–Trinajstić information content (AvgIpc) is 2.60. The van der Waals surface area contributed by atoms with Crippen molar-refractivity contribution in [2.75, 3.05) is 11.4 Å². The van der Waals surface area contributed by atoms with Crippen LogP contribution in [-0.4, -0.2) is 23.7 Å². The van der Waals surface area contributed by atoms with Crippen LogP contribution < -0.4 is 4.90 Å². The number of benzene rings is 1. The Kier molecular flexibility index (Phi) is 3.36. The summed E-state index contributed by atoms with van der Waals surface area (Å²) in [5.41, 5.74) is 3.82. The predicted octanol–water partition coefficient (Wildman–Crippen LogP) is 2.47. The number of rotatable bonds is 4. The van der Waals surface area contributed by atoms with Gasteiger partial charge in [-0.15, -0.1) is 0 Å². The first kappa shape index (κ1) is 12.0. The highest BCUT2D eigenvalue weighted by molar-refractivity contribution is 5.67. The van der Waals surface area contributed by atoms with Gasteiger partial charge in [0.25, 0.3) is 0 Å². The summed E-state index contributed by atoms with van der Waals surface area (Å²) in [7, 11) is 0. The summed E-state index contributed by atoms with van der Waals surface area (Å²) < 4.78 is 0. The quantitative estimate of drug-likeness (QED) is 0.868. The fourth-order valence-electron chi connectivity index (χ4n) is 2.64. The van der Waals surface area contributed by atoms with E-state index in [1.54, 1.807) is 0 Å². The van der Waals surface area contributed by atoms with Crippen LogP contribution in [0.2, 0.25) is 0 Å². The van der Waals surface area contributed by atoms with Gasteiger partial charge in [-0.2, -0.15) is 0 Å². The Labute approximate surface area is 102 Å². The first-order valence-electron chi connectivity index (χ1n) is 6.22. The van der Waals surface area contributed by atoms with Gasteiger partial charge in [-0.05, 0) is 43.9 Å². The molecule has 0 saturated carbocycles. The fourth-order valence-corrected chi connectivity index (χ4v) is 2.64. The number of aliphatic carboxylic acids is 1. The van der Waals surface area contributed by atoms with Crippen LogP contribution in [0.4, 0.5) is 5.69 Å². The van der Waals surface area contributed by atoms with E-state index in [9.17, 15) is 4.79 Å². The second-order valence-corrected chi connectivity index (χ2v) is 4.70. The van der Waals surface area contributed by atoms with Gasteiger partial charge in [-0.25, -0.2) is 0 Å². The highest BCUT2D eigenvalue weighted by Crippen LogP contribution is 2.32. The second kappa shape index (κ2) is 4.78. The summed E-state index contributed by atoms with van der Waals surface area (Å²) in [5.74, 6) is -0.728. The molecule has 0 aromatic heterocycles. The molecule has 92 valence electrons. The third-order valence-corrected chi connectivity index (χ3v) is 3.47. The van der Waals surface area contributed by atoms with E-state index >= 15 is 0 Å². The lowest BCUT2D eigenvalue weighted by molar-refractivity contribution is -0.136. The second-order valence-electron chi connectivity index (χ2n) is 4.70. The molecule has 1 aromatic carbocycles. The summed E-state index contributed by atoms with van der Waals surface area (Å²) in [4.78, 5) is 12.9. The zero-order valence-corrected chi connectivity index (χ0v) is 10.4. The molecule has 0 saturated heterocycles. The van der Waals surface area contributed by atoms with Gasteiger partial charge in [0, 0.05) is 24.7 Å². The molecule has 1 unspecified atom stereocenters. The highest BCUT2D eigenvalue weighted by atomic mass is 16.4. The smallest absolute Gasteiger partial charge is 0.303 e. The number of carboxylic acid groups (broad SMARTS) is 1. The minimum Gasteiger partial charge on any atom is -0.481 e. The summed E-state index contributed by atoms with van der Waals surface area (Å²) in [5, 5.41) is 8.68. The minimum absolute atomic E-state index is 0.214. The Bertz CT molecular complexity index is 428. The third-order valence-electron chi connectivity index (χ3n) is 3.47. The van der Waals surface area contributed by atoms with Crippen LogP contribution in [0.25, 0.3) is 0 Å². The van der Waals surface area contributed by atoms with Crippen LogP contribution in [0, 0.1) is 0 Å². The molecule has 1 heterocycles. The SMILES string of the molecule is CCN1c2ccc(CCC(=O)O)cc2CC1C. The van der Waals surface area contributed by atoms with Gasteiger partial charge in [0.2, 0.25) is 0 Å². The molecular formula is C14H19NO2. The van der Waals surface area contributed by atoms with E-state index in [-0.39, 0.29) is 6.42 Å². The van der Waals surface area contributed by atoms with Crippen molar-refractivity contribution < 1.29 is 9.90 Å². The molecule has 0 fully saturated rings. The summed E-state index contributed by atoms with van der Waals surface area (Å²) in [6, 6.07) is 6.93. The number of nitrogens with zero attached hydrogens (tertiary/aromatic N) is 1. The van der Waals surface area contributed by atoms with E-state index in [1.165, 1.54) is 11.3 Å². The van der Waals surface area contributed by atoms with Crippen molar-refractivity contribution in [3.8, 4) is 0 Å². The molecule has 1 aromatic rings. The molecule has 0 amide bonds. The Morgan fingerprint density at radius 3 is 2.94 bits per heavy atom. The van der Waals surface area contributed by atoms with Crippen LogP contribution in [0.15, 0.2) is 18.2 Å². The third kappa shape index (κ3) is 2.43. The van der Waals surface area contributed by atoms with E-state index in [1.807, 2.05) is 0 Å². The molecular weight excluding hydrogens is 214 g/mol. The van der Waals surface area contributed by atoms with Crippen molar-refractivity contribution in [3.05, 3.63) is 29.3 Å². The summed E-state index contributed by atoms with van der Waals surface area (Å²) >= 11 is 0. The van der Waals surface area contributed by atoms with Crippen LogP contribution in [0.5, 0.6) is 0 Å². The summed E-state index contributed by atoms with van der Waals surface area (Å²) in [6.07, 6.45) is 1.92. The molecule has 0 radical (unpaired) electrons. The largest absolute Gasteiger partial charge is 0.481 e. The highest BCUT2D eigenvalue weighted by Gasteiger charge is 2.24.